The van der Waals surface area contributed by atoms with Crippen LogP contribution >= 0.6 is 0 Å². The van der Waals surface area contributed by atoms with E-state index in [2.05, 4.69) is 24.2 Å². The Bertz CT molecular complexity index is 365. The molecule has 0 aliphatic heterocycles. The van der Waals surface area contributed by atoms with Crippen molar-refractivity contribution in [2.45, 2.75) is 65.1 Å². The maximum absolute atomic E-state index is 5.93. The summed E-state index contributed by atoms with van der Waals surface area (Å²) in [5, 5.41) is 8.00. The first-order valence-corrected chi connectivity index (χ1v) is 6.48. The largest absolute Gasteiger partial charge is 0.375 e. The molecule has 0 saturated heterocycles. The predicted molar refractivity (Wildman–Crippen MR) is 72.3 cm³/mol. The number of aromatic nitrogens is 3. The topological polar surface area (TPSA) is 66.0 Å². The van der Waals surface area contributed by atoms with Crippen molar-refractivity contribution in [3.63, 3.8) is 0 Å². The van der Waals surface area contributed by atoms with Crippen LogP contribution in [0.25, 0.3) is 0 Å². The molecule has 0 atom stereocenters. The molecule has 0 bridgehead atoms. The van der Waals surface area contributed by atoms with Gasteiger partial charge in [-0.25, -0.2) is 0 Å². The normalized spacial score (nSPS) is 13.0. The lowest BCUT2D eigenvalue weighted by molar-refractivity contribution is -0.0322. The monoisotopic (exact) mass is 254 g/mol. The Morgan fingerprint density at radius 3 is 2.44 bits per heavy atom. The molecular weight excluding hydrogens is 228 g/mol. The van der Waals surface area contributed by atoms with Crippen LogP contribution < -0.4 is 5.73 Å². The van der Waals surface area contributed by atoms with E-state index < -0.39 is 0 Å². The predicted octanol–water partition coefficient (Wildman–Crippen LogP) is 1.90. The molecule has 0 aromatic carbocycles. The van der Waals surface area contributed by atoms with Gasteiger partial charge in [0.1, 0.15) is 0 Å². The van der Waals surface area contributed by atoms with Crippen LogP contribution in [0.2, 0.25) is 0 Å². The molecule has 104 valence electrons. The zero-order valence-electron chi connectivity index (χ0n) is 12.2. The van der Waals surface area contributed by atoms with Gasteiger partial charge in [-0.05, 0) is 47.5 Å². The summed E-state index contributed by atoms with van der Waals surface area (Å²) in [5.74, 6) is 0. The lowest BCUT2D eigenvalue weighted by atomic mass is 10.0. The summed E-state index contributed by atoms with van der Waals surface area (Å²) in [5.41, 5.74) is 6.54. The van der Waals surface area contributed by atoms with Crippen molar-refractivity contribution in [1.29, 1.82) is 0 Å². The highest BCUT2D eigenvalue weighted by molar-refractivity contribution is 4.86. The molecule has 1 heterocycles. The number of hydrogen-bond donors (Lipinski definition) is 1. The number of ether oxygens (including phenoxy) is 1. The minimum Gasteiger partial charge on any atom is -0.375 e. The molecule has 0 fully saturated rings. The van der Waals surface area contributed by atoms with Crippen molar-refractivity contribution in [2.75, 3.05) is 6.61 Å². The first-order valence-electron chi connectivity index (χ1n) is 6.48. The van der Waals surface area contributed by atoms with Gasteiger partial charge >= 0.3 is 0 Å². The van der Waals surface area contributed by atoms with Gasteiger partial charge in [0.15, 0.2) is 0 Å². The third-order valence-electron chi connectivity index (χ3n) is 2.84. The van der Waals surface area contributed by atoms with Crippen LogP contribution in [-0.2, 0) is 11.3 Å². The maximum Gasteiger partial charge on any atom is 0.0796 e. The van der Waals surface area contributed by atoms with Crippen LogP contribution in [0.15, 0.2) is 6.20 Å². The van der Waals surface area contributed by atoms with Gasteiger partial charge in [0.2, 0.25) is 0 Å². The molecule has 0 saturated carbocycles. The van der Waals surface area contributed by atoms with E-state index in [0.29, 0.717) is 6.61 Å². The van der Waals surface area contributed by atoms with Gasteiger partial charge < -0.3 is 10.5 Å². The summed E-state index contributed by atoms with van der Waals surface area (Å²) < 4.78 is 7.75. The number of aryl methyl sites for hydroxylation is 2. The standard InChI is InChI=1S/C13H26N4O/c1-11-10-17(16-15-11)8-6-13(4,5)18-9-7-12(2,3)14/h10H,6-9,14H2,1-5H3. The highest BCUT2D eigenvalue weighted by atomic mass is 16.5. The zero-order chi connectivity index (χ0) is 13.8. The number of nitrogens with zero attached hydrogens (tertiary/aromatic N) is 3. The lowest BCUT2D eigenvalue weighted by Gasteiger charge is -2.27. The van der Waals surface area contributed by atoms with E-state index >= 15 is 0 Å². The molecule has 2 N–H and O–H groups in total. The average Bonchev–Trinajstić information content (AvgIpc) is 2.59. The van der Waals surface area contributed by atoms with Crippen LogP contribution in [-0.4, -0.2) is 32.7 Å². The maximum atomic E-state index is 5.93. The summed E-state index contributed by atoms with van der Waals surface area (Å²) in [7, 11) is 0. The molecule has 0 aliphatic carbocycles. The molecule has 0 spiro atoms. The van der Waals surface area contributed by atoms with Crippen molar-refractivity contribution < 1.29 is 4.74 Å². The van der Waals surface area contributed by atoms with E-state index in [1.54, 1.807) is 0 Å². The van der Waals surface area contributed by atoms with Gasteiger partial charge in [-0.3, -0.25) is 4.68 Å². The minimum atomic E-state index is -0.168. The summed E-state index contributed by atoms with van der Waals surface area (Å²) >= 11 is 0. The van der Waals surface area contributed by atoms with Gasteiger partial charge in [0, 0.05) is 24.9 Å². The molecule has 0 unspecified atom stereocenters. The molecule has 18 heavy (non-hydrogen) atoms. The number of nitrogens with two attached hydrogens (primary N) is 1. The van der Waals surface area contributed by atoms with Crippen LogP contribution in [0, 0.1) is 6.92 Å². The van der Waals surface area contributed by atoms with E-state index in [1.165, 1.54) is 0 Å². The van der Waals surface area contributed by atoms with Crippen molar-refractivity contribution in [3.05, 3.63) is 11.9 Å². The lowest BCUT2D eigenvalue weighted by Crippen LogP contribution is -2.35. The van der Waals surface area contributed by atoms with Crippen LogP contribution in [0.5, 0.6) is 0 Å². The van der Waals surface area contributed by atoms with Crippen LogP contribution in [0.3, 0.4) is 0 Å². The molecule has 1 rings (SSSR count). The molecule has 0 amide bonds. The Morgan fingerprint density at radius 2 is 1.94 bits per heavy atom. The molecule has 1 aromatic heterocycles. The summed E-state index contributed by atoms with van der Waals surface area (Å²) in [6, 6.07) is 0. The minimum absolute atomic E-state index is 0.162. The van der Waals surface area contributed by atoms with E-state index in [0.717, 1.165) is 25.1 Å². The Balaban J connectivity index is 2.31. The van der Waals surface area contributed by atoms with Crippen LogP contribution in [0.4, 0.5) is 0 Å². The summed E-state index contributed by atoms with van der Waals surface area (Å²) in [6.45, 7) is 11.7. The van der Waals surface area contributed by atoms with Crippen molar-refractivity contribution >= 4 is 0 Å². The molecule has 0 radical (unpaired) electrons. The third kappa shape index (κ3) is 6.12. The molecular formula is C13H26N4O. The Kier molecular flexibility index (Phi) is 4.87. The third-order valence-corrected chi connectivity index (χ3v) is 2.84. The first-order chi connectivity index (χ1) is 8.18. The second-order valence-electron chi connectivity index (χ2n) is 6.22. The van der Waals surface area contributed by atoms with E-state index in [9.17, 15) is 0 Å². The second kappa shape index (κ2) is 5.80. The van der Waals surface area contributed by atoms with Gasteiger partial charge in [0.05, 0.1) is 11.3 Å². The highest BCUT2D eigenvalue weighted by Gasteiger charge is 2.20. The molecule has 5 heteroatoms. The molecule has 1 aromatic rings. The van der Waals surface area contributed by atoms with Gasteiger partial charge in [-0.1, -0.05) is 5.21 Å². The Morgan fingerprint density at radius 1 is 1.28 bits per heavy atom. The summed E-state index contributed by atoms with van der Waals surface area (Å²) in [4.78, 5) is 0. The van der Waals surface area contributed by atoms with E-state index in [4.69, 9.17) is 10.5 Å². The number of rotatable bonds is 7. The van der Waals surface area contributed by atoms with Gasteiger partial charge in [-0.15, -0.1) is 5.10 Å². The summed E-state index contributed by atoms with van der Waals surface area (Å²) in [6.07, 6.45) is 3.71. The highest BCUT2D eigenvalue weighted by Crippen LogP contribution is 2.17. The first kappa shape index (κ1) is 15.1. The van der Waals surface area contributed by atoms with Crippen molar-refractivity contribution in [2.24, 2.45) is 5.73 Å². The fraction of sp³-hybridized carbons (Fsp3) is 0.846. The van der Waals surface area contributed by atoms with Crippen molar-refractivity contribution in [1.82, 2.24) is 15.0 Å². The SMILES string of the molecule is Cc1cn(CCC(C)(C)OCCC(C)(C)N)nn1. The Labute approximate surface area is 110 Å². The fourth-order valence-electron chi connectivity index (χ4n) is 1.55. The fourth-order valence-corrected chi connectivity index (χ4v) is 1.55. The van der Waals surface area contributed by atoms with Crippen molar-refractivity contribution in [3.8, 4) is 0 Å². The molecule has 5 nitrogen and oxygen atoms in total. The van der Waals surface area contributed by atoms with Gasteiger partial charge in [-0.2, -0.15) is 0 Å². The van der Waals surface area contributed by atoms with Crippen LogP contribution in [0.1, 0.15) is 46.2 Å². The Hall–Kier alpha value is -0.940. The smallest absolute Gasteiger partial charge is 0.0796 e. The molecule has 0 aliphatic rings. The second-order valence-corrected chi connectivity index (χ2v) is 6.22. The average molecular weight is 254 g/mol. The van der Waals surface area contributed by atoms with E-state index in [-0.39, 0.29) is 11.1 Å². The van der Waals surface area contributed by atoms with E-state index in [1.807, 2.05) is 31.6 Å². The quantitative estimate of drug-likeness (QED) is 0.807. The van der Waals surface area contributed by atoms with Gasteiger partial charge in [0.25, 0.3) is 0 Å². The zero-order valence-corrected chi connectivity index (χ0v) is 12.2. The number of hydrogen-bond acceptors (Lipinski definition) is 4.